The maximum atomic E-state index is 4.70. The Hall–Kier alpha value is -2.21. The Bertz CT molecular complexity index is 801. The molecule has 4 rings (SSSR count). The normalized spacial score (nSPS) is 17.8. The zero-order valence-electron chi connectivity index (χ0n) is 13.1. The molecule has 1 fully saturated rings. The first-order valence-electron chi connectivity index (χ1n) is 8.00. The molecule has 1 N–H and O–H groups in total. The molecule has 1 atom stereocenters. The van der Waals surface area contributed by atoms with Crippen molar-refractivity contribution in [3.8, 4) is 0 Å². The van der Waals surface area contributed by atoms with Gasteiger partial charge in [0.1, 0.15) is 22.3 Å². The number of aromatic nitrogens is 3. The molecule has 1 aliphatic heterocycles. The predicted octanol–water partition coefficient (Wildman–Crippen LogP) is 3.34. The molecule has 1 aliphatic rings. The predicted molar refractivity (Wildman–Crippen MR) is 95.3 cm³/mol. The highest BCUT2D eigenvalue weighted by Crippen LogP contribution is 2.27. The van der Waals surface area contributed by atoms with Crippen LogP contribution in [0.25, 0.3) is 10.2 Å². The standard InChI is InChI=1S/C17H19N5S/c1-2-14-20-16(13-7-10-23-17(13)21-14)19-12-6-9-22(11-12)15-5-3-4-8-18-15/h3-5,7-8,10,12H,2,6,9,11H2,1H3,(H,19,20,21). The Morgan fingerprint density at radius 3 is 3.09 bits per heavy atom. The van der Waals surface area contributed by atoms with Gasteiger partial charge in [-0.3, -0.25) is 0 Å². The van der Waals surface area contributed by atoms with Crippen LogP contribution in [-0.2, 0) is 6.42 Å². The minimum Gasteiger partial charge on any atom is -0.365 e. The fourth-order valence-electron chi connectivity index (χ4n) is 2.99. The Balaban J connectivity index is 1.54. The van der Waals surface area contributed by atoms with E-state index in [0.29, 0.717) is 6.04 Å². The number of rotatable bonds is 4. The largest absolute Gasteiger partial charge is 0.365 e. The summed E-state index contributed by atoms with van der Waals surface area (Å²) in [5, 5.41) is 6.84. The van der Waals surface area contributed by atoms with Gasteiger partial charge in [-0.05, 0) is 30.0 Å². The van der Waals surface area contributed by atoms with Gasteiger partial charge in [0.25, 0.3) is 0 Å². The average Bonchev–Trinajstić information content (AvgIpc) is 3.24. The summed E-state index contributed by atoms with van der Waals surface area (Å²) in [6.07, 6.45) is 3.80. The molecule has 0 bridgehead atoms. The second-order valence-corrected chi connectivity index (χ2v) is 6.64. The molecular weight excluding hydrogens is 306 g/mol. The Kier molecular flexibility index (Phi) is 3.83. The van der Waals surface area contributed by atoms with Gasteiger partial charge in [0, 0.05) is 31.7 Å². The van der Waals surface area contributed by atoms with E-state index in [1.54, 1.807) is 11.3 Å². The van der Waals surface area contributed by atoms with Crippen molar-refractivity contribution in [2.75, 3.05) is 23.3 Å². The molecule has 4 heterocycles. The lowest BCUT2D eigenvalue weighted by molar-refractivity contribution is 0.797. The van der Waals surface area contributed by atoms with Crippen molar-refractivity contribution in [3.05, 3.63) is 41.7 Å². The molecule has 1 saturated heterocycles. The Labute approximate surface area is 139 Å². The van der Waals surface area contributed by atoms with E-state index < -0.39 is 0 Å². The van der Waals surface area contributed by atoms with Crippen LogP contribution in [0, 0.1) is 0 Å². The minimum absolute atomic E-state index is 0.389. The third kappa shape index (κ3) is 2.86. The molecule has 0 radical (unpaired) electrons. The summed E-state index contributed by atoms with van der Waals surface area (Å²) in [5.74, 6) is 2.93. The van der Waals surface area contributed by atoms with Gasteiger partial charge in [-0.1, -0.05) is 13.0 Å². The molecule has 118 valence electrons. The van der Waals surface area contributed by atoms with Crippen LogP contribution in [0.5, 0.6) is 0 Å². The second kappa shape index (κ2) is 6.12. The van der Waals surface area contributed by atoms with Crippen molar-refractivity contribution >= 4 is 33.2 Å². The maximum Gasteiger partial charge on any atom is 0.138 e. The summed E-state index contributed by atoms with van der Waals surface area (Å²) < 4.78 is 0. The number of pyridine rings is 1. The molecule has 5 nitrogen and oxygen atoms in total. The van der Waals surface area contributed by atoms with Crippen LogP contribution < -0.4 is 10.2 Å². The summed E-state index contributed by atoms with van der Waals surface area (Å²) in [6, 6.07) is 8.55. The Morgan fingerprint density at radius 1 is 1.30 bits per heavy atom. The fraction of sp³-hybridized carbons (Fsp3) is 0.353. The molecule has 3 aromatic rings. The van der Waals surface area contributed by atoms with Crippen molar-refractivity contribution in [2.45, 2.75) is 25.8 Å². The van der Waals surface area contributed by atoms with E-state index >= 15 is 0 Å². The number of hydrogen-bond acceptors (Lipinski definition) is 6. The highest BCUT2D eigenvalue weighted by Gasteiger charge is 2.24. The van der Waals surface area contributed by atoms with Crippen LogP contribution in [-0.4, -0.2) is 34.1 Å². The van der Waals surface area contributed by atoms with Crippen molar-refractivity contribution in [1.82, 2.24) is 15.0 Å². The van der Waals surface area contributed by atoms with Gasteiger partial charge in [0.15, 0.2) is 0 Å². The zero-order chi connectivity index (χ0) is 15.6. The number of nitrogens with one attached hydrogen (secondary N) is 1. The van der Waals surface area contributed by atoms with Crippen LogP contribution >= 0.6 is 11.3 Å². The molecule has 0 spiro atoms. The third-order valence-corrected chi connectivity index (χ3v) is 5.00. The van der Waals surface area contributed by atoms with Crippen LogP contribution in [0.1, 0.15) is 19.2 Å². The lowest BCUT2D eigenvalue weighted by atomic mass is 10.2. The number of aryl methyl sites for hydroxylation is 1. The van der Waals surface area contributed by atoms with Crippen molar-refractivity contribution in [3.63, 3.8) is 0 Å². The topological polar surface area (TPSA) is 53.9 Å². The van der Waals surface area contributed by atoms with E-state index in [-0.39, 0.29) is 0 Å². The number of fused-ring (bicyclic) bond motifs is 1. The molecule has 0 aliphatic carbocycles. The maximum absolute atomic E-state index is 4.70. The van der Waals surface area contributed by atoms with Crippen molar-refractivity contribution in [1.29, 1.82) is 0 Å². The van der Waals surface area contributed by atoms with E-state index in [1.807, 2.05) is 18.3 Å². The van der Waals surface area contributed by atoms with Gasteiger partial charge in [0.05, 0.1) is 5.39 Å². The van der Waals surface area contributed by atoms with Crippen molar-refractivity contribution < 1.29 is 0 Å². The molecule has 3 aromatic heterocycles. The van der Waals surface area contributed by atoms with Gasteiger partial charge < -0.3 is 10.2 Å². The van der Waals surface area contributed by atoms with Crippen LogP contribution in [0.3, 0.4) is 0 Å². The number of nitrogens with zero attached hydrogens (tertiary/aromatic N) is 4. The quantitative estimate of drug-likeness (QED) is 0.797. The first kappa shape index (κ1) is 14.4. The smallest absolute Gasteiger partial charge is 0.138 e. The molecule has 0 amide bonds. The summed E-state index contributed by atoms with van der Waals surface area (Å²) in [4.78, 5) is 17.1. The lowest BCUT2D eigenvalue weighted by Gasteiger charge is -2.18. The van der Waals surface area contributed by atoms with Gasteiger partial charge in [-0.2, -0.15) is 0 Å². The fourth-order valence-corrected chi connectivity index (χ4v) is 3.77. The summed E-state index contributed by atoms with van der Waals surface area (Å²) >= 11 is 1.67. The van der Waals surface area contributed by atoms with E-state index in [0.717, 1.165) is 53.6 Å². The summed E-state index contributed by atoms with van der Waals surface area (Å²) in [5.41, 5.74) is 0. The van der Waals surface area contributed by atoms with E-state index in [2.05, 4.69) is 44.6 Å². The van der Waals surface area contributed by atoms with Crippen LogP contribution in [0.2, 0.25) is 0 Å². The average molecular weight is 325 g/mol. The SMILES string of the molecule is CCc1nc(NC2CCN(c3ccccn3)C2)c2ccsc2n1. The van der Waals surface area contributed by atoms with Gasteiger partial charge in [-0.15, -0.1) is 11.3 Å². The van der Waals surface area contributed by atoms with E-state index in [9.17, 15) is 0 Å². The number of hydrogen-bond donors (Lipinski definition) is 1. The minimum atomic E-state index is 0.389. The van der Waals surface area contributed by atoms with Crippen molar-refractivity contribution in [2.24, 2.45) is 0 Å². The number of thiophene rings is 1. The molecule has 0 saturated carbocycles. The monoisotopic (exact) mass is 325 g/mol. The molecular formula is C17H19N5S. The molecule has 1 unspecified atom stereocenters. The zero-order valence-corrected chi connectivity index (χ0v) is 13.9. The summed E-state index contributed by atoms with van der Waals surface area (Å²) in [7, 11) is 0. The van der Waals surface area contributed by atoms with E-state index in [4.69, 9.17) is 4.98 Å². The molecule has 23 heavy (non-hydrogen) atoms. The summed E-state index contributed by atoms with van der Waals surface area (Å²) in [6.45, 7) is 4.07. The lowest BCUT2D eigenvalue weighted by Crippen LogP contribution is -2.27. The third-order valence-electron chi connectivity index (χ3n) is 4.19. The van der Waals surface area contributed by atoms with E-state index in [1.165, 1.54) is 0 Å². The Morgan fingerprint density at radius 2 is 2.26 bits per heavy atom. The van der Waals surface area contributed by atoms with Crippen LogP contribution in [0.4, 0.5) is 11.6 Å². The highest BCUT2D eigenvalue weighted by atomic mass is 32.1. The first-order chi connectivity index (χ1) is 11.3. The van der Waals surface area contributed by atoms with Gasteiger partial charge in [0.2, 0.25) is 0 Å². The van der Waals surface area contributed by atoms with Gasteiger partial charge in [-0.25, -0.2) is 15.0 Å². The first-order valence-corrected chi connectivity index (χ1v) is 8.88. The number of anilines is 2. The molecule has 6 heteroatoms. The van der Waals surface area contributed by atoms with Gasteiger partial charge >= 0.3 is 0 Å². The highest BCUT2D eigenvalue weighted by molar-refractivity contribution is 7.16. The molecule has 0 aromatic carbocycles. The second-order valence-electron chi connectivity index (χ2n) is 5.75. The van der Waals surface area contributed by atoms with Crippen LogP contribution in [0.15, 0.2) is 35.8 Å².